The minimum Gasteiger partial charge on any atom is -0.480 e. The van der Waals surface area contributed by atoms with E-state index in [9.17, 15) is 24.6 Å². The molecule has 162 valence electrons. The fourth-order valence-corrected chi connectivity index (χ4v) is 4.74. The van der Waals surface area contributed by atoms with Crippen LogP contribution >= 0.6 is 0 Å². The molecule has 0 aromatic heterocycles. The lowest BCUT2D eigenvalue weighted by Gasteiger charge is -2.45. The molecule has 2 aromatic rings. The van der Waals surface area contributed by atoms with Gasteiger partial charge in [0.15, 0.2) is 0 Å². The van der Waals surface area contributed by atoms with E-state index < -0.39 is 36.1 Å². The molecule has 2 amide bonds. The van der Waals surface area contributed by atoms with Gasteiger partial charge in [0.2, 0.25) is 11.8 Å². The van der Waals surface area contributed by atoms with E-state index in [1.165, 1.54) is 4.90 Å². The number of hydrogen-bond donors (Lipinski definition) is 3. The standard InChI is InChI=1S/C24H26N2O5/c27-20(14-15-6-2-1-3-7-15)23(29)25-18-11-12-19(24(30)31)26-21(28)13-10-16-8-4-5-9-17(16)22(18)26/h1-9,18-20,22,27H,10-14H2,(H,25,29)(H,30,31)/t18?,19?,20-,22?/m0/s1. The number of rotatable bonds is 5. The van der Waals surface area contributed by atoms with Crippen LogP contribution in [0.2, 0.25) is 0 Å². The Balaban J connectivity index is 1.61. The largest absolute Gasteiger partial charge is 0.480 e. The van der Waals surface area contributed by atoms with Crippen molar-refractivity contribution in [2.45, 2.75) is 56.3 Å². The monoisotopic (exact) mass is 422 g/mol. The van der Waals surface area contributed by atoms with Crippen LogP contribution in [-0.2, 0) is 27.2 Å². The van der Waals surface area contributed by atoms with E-state index in [2.05, 4.69) is 5.32 Å². The number of nitrogens with one attached hydrogen (secondary N) is 1. The summed E-state index contributed by atoms with van der Waals surface area (Å²) in [5.74, 6) is -1.78. The first-order chi connectivity index (χ1) is 15.0. The number of aliphatic carboxylic acids is 1. The molecular formula is C24H26N2O5. The van der Waals surface area contributed by atoms with Crippen molar-refractivity contribution in [3.8, 4) is 0 Å². The molecule has 7 nitrogen and oxygen atoms in total. The highest BCUT2D eigenvalue weighted by Crippen LogP contribution is 2.39. The molecule has 3 N–H and O–H groups in total. The lowest BCUT2D eigenvalue weighted by atomic mass is 9.85. The highest BCUT2D eigenvalue weighted by molar-refractivity contribution is 5.86. The average Bonchev–Trinajstić information content (AvgIpc) is 2.92. The minimum atomic E-state index is -1.23. The number of nitrogens with zero attached hydrogens (tertiary/aromatic N) is 1. The van der Waals surface area contributed by atoms with E-state index >= 15 is 0 Å². The maximum Gasteiger partial charge on any atom is 0.326 e. The van der Waals surface area contributed by atoms with Gasteiger partial charge < -0.3 is 20.4 Å². The molecule has 0 radical (unpaired) electrons. The number of carbonyl (C=O) groups excluding carboxylic acids is 2. The summed E-state index contributed by atoms with van der Waals surface area (Å²) in [4.78, 5) is 39.1. The lowest BCUT2D eigenvalue weighted by molar-refractivity contribution is -0.156. The molecule has 2 aliphatic rings. The van der Waals surface area contributed by atoms with Crippen LogP contribution in [0.15, 0.2) is 54.6 Å². The second-order valence-electron chi connectivity index (χ2n) is 8.20. The van der Waals surface area contributed by atoms with Gasteiger partial charge in [-0.2, -0.15) is 0 Å². The van der Waals surface area contributed by atoms with Crippen LogP contribution in [-0.4, -0.2) is 51.1 Å². The molecule has 1 saturated heterocycles. The van der Waals surface area contributed by atoms with Crippen LogP contribution in [0.5, 0.6) is 0 Å². The minimum absolute atomic E-state index is 0.182. The normalized spacial score (nSPS) is 23.8. The first kappa shape index (κ1) is 21.1. The fraction of sp³-hybridized carbons (Fsp3) is 0.375. The molecule has 0 spiro atoms. The Morgan fingerprint density at radius 1 is 1.03 bits per heavy atom. The summed E-state index contributed by atoms with van der Waals surface area (Å²) in [6.45, 7) is 0. The van der Waals surface area contributed by atoms with Crippen molar-refractivity contribution in [2.24, 2.45) is 0 Å². The van der Waals surface area contributed by atoms with Gasteiger partial charge in [-0.1, -0.05) is 54.6 Å². The van der Waals surface area contributed by atoms with Crippen molar-refractivity contribution in [3.63, 3.8) is 0 Å². The molecule has 1 fully saturated rings. The molecule has 2 aliphatic heterocycles. The van der Waals surface area contributed by atoms with Crippen LogP contribution in [0.4, 0.5) is 0 Å². The summed E-state index contributed by atoms with van der Waals surface area (Å²) >= 11 is 0. The Kier molecular flexibility index (Phi) is 6.04. The van der Waals surface area contributed by atoms with E-state index in [0.717, 1.165) is 16.7 Å². The topological polar surface area (TPSA) is 107 Å². The summed E-state index contributed by atoms with van der Waals surface area (Å²) in [5.41, 5.74) is 2.69. The third-order valence-corrected chi connectivity index (χ3v) is 6.22. The van der Waals surface area contributed by atoms with E-state index in [1.807, 2.05) is 54.6 Å². The van der Waals surface area contributed by atoms with E-state index in [-0.39, 0.29) is 25.2 Å². The van der Waals surface area contributed by atoms with Crippen LogP contribution in [0.25, 0.3) is 0 Å². The number of aryl methyl sites for hydroxylation is 1. The second-order valence-corrected chi connectivity index (χ2v) is 8.20. The van der Waals surface area contributed by atoms with Gasteiger partial charge in [0, 0.05) is 12.8 Å². The Hall–Kier alpha value is -3.19. The van der Waals surface area contributed by atoms with E-state index in [1.54, 1.807) is 0 Å². The smallest absolute Gasteiger partial charge is 0.326 e. The molecule has 3 unspecified atom stereocenters. The predicted octanol–water partition coefficient (Wildman–Crippen LogP) is 1.84. The zero-order valence-electron chi connectivity index (χ0n) is 17.1. The maximum atomic E-state index is 12.9. The molecule has 0 saturated carbocycles. The number of carboxylic acids is 1. The second kappa shape index (κ2) is 8.89. The number of piperidine rings is 1. The zero-order valence-corrected chi connectivity index (χ0v) is 17.1. The molecule has 0 bridgehead atoms. The highest BCUT2D eigenvalue weighted by Gasteiger charge is 2.46. The first-order valence-corrected chi connectivity index (χ1v) is 10.6. The first-order valence-electron chi connectivity index (χ1n) is 10.6. The van der Waals surface area contributed by atoms with Gasteiger partial charge in [-0.25, -0.2) is 4.79 Å². The predicted molar refractivity (Wildman–Crippen MR) is 113 cm³/mol. The third-order valence-electron chi connectivity index (χ3n) is 6.22. The number of fused-ring (bicyclic) bond motifs is 3. The van der Waals surface area contributed by atoms with E-state index in [4.69, 9.17) is 0 Å². The van der Waals surface area contributed by atoms with Gasteiger partial charge in [-0.05, 0) is 36.0 Å². The van der Waals surface area contributed by atoms with Gasteiger partial charge in [0.05, 0.1) is 12.1 Å². The average molecular weight is 422 g/mol. The number of amides is 2. The van der Waals surface area contributed by atoms with E-state index in [0.29, 0.717) is 12.8 Å². The van der Waals surface area contributed by atoms with Crippen molar-refractivity contribution >= 4 is 17.8 Å². The molecule has 31 heavy (non-hydrogen) atoms. The number of carbonyl (C=O) groups is 3. The Morgan fingerprint density at radius 2 is 1.74 bits per heavy atom. The van der Waals surface area contributed by atoms with Crippen LogP contribution in [0.3, 0.4) is 0 Å². The number of aliphatic hydroxyl groups excluding tert-OH is 1. The van der Waals surface area contributed by atoms with Gasteiger partial charge >= 0.3 is 5.97 Å². The molecule has 7 heteroatoms. The number of aliphatic hydroxyl groups is 1. The van der Waals surface area contributed by atoms with Gasteiger partial charge in [0.25, 0.3) is 0 Å². The summed E-state index contributed by atoms with van der Waals surface area (Å²) in [5, 5.41) is 23.1. The van der Waals surface area contributed by atoms with Crippen molar-refractivity contribution < 1.29 is 24.6 Å². The van der Waals surface area contributed by atoms with Gasteiger partial charge in [-0.15, -0.1) is 0 Å². The molecule has 4 rings (SSSR count). The summed E-state index contributed by atoms with van der Waals surface area (Å²) in [7, 11) is 0. The Morgan fingerprint density at radius 3 is 2.48 bits per heavy atom. The summed E-state index contributed by atoms with van der Waals surface area (Å²) in [6.07, 6.45) is 0.370. The molecule has 2 aromatic carbocycles. The summed E-state index contributed by atoms with van der Waals surface area (Å²) < 4.78 is 0. The van der Waals surface area contributed by atoms with Gasteiger partial charge in [-0.3, -0.25) is 9.59 Å². The summed E-state index contributed by atoms with van der Waals surface area (Å²) in [6, 6.07) is 14.9. The third kappa shape index (κ3) is 4.32. The Bertz CT molecular complexity index is 977. The zero-order chi connectivity index (χ0) is 22.0. The number of benzene rings is 2. The van der Waals surface area contributed by atoms with Crippen molar-refractivity contribution in [3.05, 3.63) is 71.3 Å². The SMILES string of the molecule is O=C(O)C1CCC(NC(=O)[C@@H](O)Cc2ccccc2)C2c3ccccc3CCC(=O)N12. The fourth-order valence-electron chi connectivity index (χ4n) is 4.74. The number of hydrogen-bond acceptors (Lipinski definition) is 4. The van der Waals surface area contributed by atoms with Crippen LogP contribution < -0.4 is 5.32 Å². The van der Waals surface area contributed by atoms with Crippen LogP contribution in [0, 0.1) is 0 Å². The van der Waals surface area contributed by atoms with Crippen molar-refractivity contribution in [1.29, 1.82) is 0 Å². The highest BCUT2D eigenvalue weighted by atomic mass is 16.4. The lowest BCUT2D eigenvalue weighted by Crippen LogP contribution is -2.58. The molecule has 4 atom stereocenters. The molecule has 2 heterocycles. The molecular weight excluding hydrogens is 396 g/mol. The quantitative estimate of drug-likeness (QED) is 0.682. The Labute approximate surface area is 180 Å². The number of carboxylic acid groups (broad SMARTS) is 1. The maximum absolute atomic E-state index is 12.9. The van der Waals surface area contributed by atoms with Crippen molar-refractivity contribution in [1.82, 2.24) is 10.2 Å². The van der Waals surface area contributed by atoms with Crippen molar-refractivity contribution in [2.75, 3.05) is 0 Å². The van der Waals surface area contributed by atoms with Crippen LogP contribution in [0.1, 0.15) is 42.0 Å². The van der Waals surface area contributed by atoms with Gasteiger partial charge in [0.1, 0.15) is 12.1 Å². The molecule has 0 aliphatic carbocycles.